The lowest BCUT2D eigenvalue weighted by Crippen LogP contribution is -2.51. The first kappa shape index (κ1) is 21.5. The normalized spacial score (nSPS) is 19.8. The second kappa shape index (κ2) is 9.24. The number of rotatable bonds is 3. The van der Waals surface area contributed by atoms with Gasteiger partial charge in [-0.25, -0.2) is 0 Å². The summed E-state index contributed by atoms with van der Waals surface area (Å²) in [5, 5.41) is 0.484. The highest BCUT2D eigenvalue weighted by Gasteiger charge is 2.29. The fourth-order valence-corrected chi connectivity index (χ4v) is 5.62. The van der Waals surface area contributed by atoms with Gasteiger partial charge in [0.25, 0.3) is 11.8 Å². The van der Waals surface area contributed by atoms with Gasteiger partial charge in [-0.15, -0.1) is 0 Å². The van der Waals surface area contributed by atoms with E-state index in [0.29, 0.717) is 23.7 Å². The molecular formula is C26H30ClN3O2. The first-order valence-corrected chi connectivity index (χ1v) is 12.2. The molecule has 168 valence electrons. The van der Waals surface area contributed by atoms with E-state index in [0.717, 1.165) is 49.8 Å². The molecule has 1 aliphatic carbocycles. The zero-order chi connectivity index (χ0) is 22.1. The highest BCUT2D eigenvalue weighted by Crippen LogP contribution is 2.26. The first-order valence-electron chi connectivity index (χ1n) is 11.8. The summed E-state index contributed by atoms with van der Waals surface area (Å²) in [6.45, 7) is 4.78. The lowest BCUT2D eigenvalue weighted by atomic mass is 9.96. The maximum atomic E-state index is 13.1. The van der Waals surface area contributed by atoms with E-state index >= 15 is 0 Å². The number of halogens is 1. The zero-order valence-corrected chi connectivity index (χ0v) is 19.2. The van der Waals surface area contributed by atoms with Gasteiger partial charge in [0.1, 0.15) is 0 Å². The van der Waals surface area contributed by atoms with Crippen molar-refractivity contribution >= 4 is 23.4 Å². The number of carbonyl (C=O) groups is 2. The van der Waals surface area contributed by atoms with Crippen molar-refractivity contribution in [3.63, 3.8) is 0 Å². The number of piperazine rings is 1. The highest BCUT2D eigenvalue weighted by molar-refractivity contribution is 6.33. The third-order valence-corrected chi connectivity index (χ3v) is 7.63. The van der Waals surface area contributed by atoms with Crippen LogP contribution in [-0.4, -0.2) is 65.3 Å². The van der Waals surface area contributed by atoms with Crippen molar-refractivity contribution in [3.05, 3.63) is 69.7 Å². The number of nitrogens with zero attached hydrogens (tertiary/aromatic N) is 3. The molecule has 0 N–H and O–H groups in total. The van der Waals surface area contributed by atoms with Crippen molar-refractivity contribution in [2.24, 2.45) is 0 Å². The van der Waals surface area contributed by atoms with Gasteiger partial charge in [-0.1, -0.05) is 42.6 Å². The predicted molar refractivity (Wildman–Crippen MR) is 126 cm³/mol. The van der Waals surface area contributed by atoms with Crippen molar-refractivity contribution in [2.75, 3.05) is 32.7 Å². The Kier molecular flexibility index (Phi) is 6.20. The number of benzene rings is 2. The molecule has 6 heteroatoms. The minimum atomic E-state index is -0.0402. The van der Waals surface area contributed by atoms with Gasteiger partial charge in [-0.3, -0.25) is 14.5 Å². The van der Waals surface area contributed by atoms with Crippen LogP contribution in [0, 0.1) is 0 Å². The Morgan fingerprint density at radius 1 is 0.812 bits per heavy atom. The zero-order valence-electron chi connectivity index (χ0n) is 18.4. The maximum Gasteiger partial charge on any atom is 0.255 e. The SMILES string of the molecule is O=C(c1ccc2c(c1)CCN(C(=O)c1ccccc1Cl)C2)N1CCN(C2CCCC2)CC1. The summed E-state index contributed by atoms with van der Waals surface area (Å²) < 4.78 is 0. The summed E-state index contributed by atoms with van der Waals surface area (Å²) in [4.78, 5) is 32.5. The Morgan fingerprint density at radius 3 is 2.31 bits per heavy atom. The van der Waals surface area contributed by atoms with Gasteiger partial charge in [0.2, 0.25) is 0 Å². The smallest absolute Gasteiger partial charge is 0.255 e. The van der Waals surface area contributed by atoms with E-state index in [1.54, 1.807) is 12.1 Å². The lowest BCUT2D eigenvalue weighted by Gasteiger charge is -2.38. The van der Waals surface area contributed by atoms with Gasteiger partial charge in [0, 0.05) is 50.9 Å². The molecule has 2 heterocycles. The topological polar surface area (TPSA) is 43.9 Å². The van der Waals surface area contributed by atoms with Crippen LogP contribution in [0.4, 0.5) is 0 Å². The molecule has 2 aliphatic heterocycles. The van der Waals surface area contributed by atoms with Crippen LogP contribution in [-0.2, 0) is 13.0 Å². The van der Waals surface area contributed by atoms with Crippen LogP contribution in [0.25, 0.3) is 0 Å². The predicted octanol–water partition coefficient (Wildman–Crippen LogP) is 4.24. The number of carbonyl (C=O) groups excluding carboxylic acids is 2. The third-order valence-electron chi connectivity index (χ3n) is 7.30. The third kappa shape index (κ3) is 4.28. The molecule has 0 unspecified atom stereocenters. The van der Waals surface area contributed by atoms with Gasteiger partial charge in [-0.05, 0) is 54.7 Å². The first-order chi connectivity index (χ1) is 15.6. The van der Waals surface area contributed by atoms with E-state index in [9.17, 15) is 9.59 Å². The van der Waals surface area contributed by atoms with Crippen LogP contribution in [0.3, 0.4) is 0 Å². The van der Waals surface area contributed by atoms with Gasteiger partial charge in [0.15, 0.2) is 0 Å². The van der Waals surface area contributed by atoms with Crippen LogP contribution < -0.4 is 0 Å². The molecule has 1 saturated carbocycles. The lowest BCUT2D eigenvalue weighted by molar-refractivity contribution is 0.0572. The van der Waals surface area contributed by atoms with Crippen LogP contribution >= 0.6 is 11.6 Å². The molecule has 0 bridgehead atoms. The Morgan fingerprint density at radius 2 is 1.56 bits per heavy atom. The van der Waals surface area contributed by atoms with Crippen molar-refractivity contribution in [3.8, 4) is 0 Å². The van der Waals surface area contributed by atoms with Crippen molar-refractivity contribution in [2.45, 2.75) is 44.7 Å². The van der Waals surface area contributed by atoms with Gasteiger partial charge < -0.3 is 9.80 Å². The molecule has 32 heavy (non-hydrogen) atoms. The molecule has 3 aliphatic rings. The Hall–Kier alpha value is -2.37. The second-order valence-corrected chi connectivity index (χ2v) is 9.61. The Bertz CT molecular complexity index is 1010. The van der Waals surface area contributed by atoms with E-state index in [-0.39, 0.29) is 11.8 Å². The molecule has 0 spiro atoms. The molecular weight excluding hydrogens is 422 g/mol. The standard InChI is InChI=1S/C26H30ClN3O2/c27-24-8-4-3-7-23(24)26(32)30-12-11-19-17-20(9-10-21(19)18-30)25(31)29-15-13-28(14-16-29)22-5-1-2-6-22/h3-4,7-10,17,22H,1-2,5-6,11-16,18H2. The molecule has 1 saturated heterocycles. The molecule has 2 aromatic rings. The van der Waals surface area contributed by atoms with E-state index in [1.807, 2.05) is 40.1 Å². The fraction of sp³-hybridized carbons (Fsp3) is 0.462. The summed E-state index contributed by atoms with van der Waals surface area (Å²) in [5.74, 6) is 0.0926. The fourth-order valence-electron chi connectivity index (χ4n) is 5.41. The number of hydrogen-bond donors (Lipinski definition) is 0. The Labute approximate surface area is 194 Å². The van der Waals surface area contributed by atoms with Gasteiger partial charge >= 0.3 is 0 Å². The van der Waals surface area contributed by atoms with Crippen LogP contribution in [0.5, 0.6) is 0 Å². The van der Waals surface area contributed by atoms with E-state index in [4.69, 9.17) is 11.6 Å². The van der Waals surface area contributed by atoms with E-state index in [1.165, 1.54) is 31.2 Å². The van der Waals surface area contributed by atoms with Crippen LogP contribution in [0.2, 0.25) is 5.02 Å². The summed E-state index contributed by atoms with van der Waals surface area (Å²) in [6.07, 6.45) is 6.08. The molecule has 5 rings (SSSR count). The summed E-state index contributed by atoms with van der Waals surface area (Å²) in [5.41, 5.74) is 3.59. The maximum absolute atomic E-state index is 13.1. The van der Waals surface area contributed by atoms with Crippen LogP contribution in [0.15, 0.2) is 42.5 Å². The Balaban J connectivity index is 1.23. The summed E-state index contributed by atoms with van der Waals surface area (Å²) >= 11 is 6.22. The monoisotopic (exact) mass is 451 g/mol. The largest absolute Gasteiger partial charge is 0.336 e. The van der Waals surface area contributed by atoms with Crippen molar-refractivity contribution in [1.82, 2.24) is 14.7 Å². The molecule has 2 fully saturated rings. The minimum Gasteiger partial charge on any atom is -0.336 e. The van der Waals surface area contributed by atoms with Crippen molar-refractivity contribution in [1.29, 1.82) is 0 Å². The van der Waals surface area contributed by atoms with Gasteiger partial charge in [0.05, 0.1) is 10.6 Å². The van der Waals surface area contributed by atoms with E-state index < -0.39 is 0 Å². The molecule has 0 aromatic heterocycles. The number of hydrogen-bond acceptors (Lipinski definition) is 3. The molecule has 2 aromatic carbocycles. The average molecular weight is 452 g/mol. The second-order valence-electron chi connectivity index (χ2n) is 9.21. The van der Waals surface area contributed by atoms with Crippen molar-refractivity contribution < 1.29 is 9.59 Å². The quantitative estimate of drug-likeness (QED) is 0.701. The number of fused-ring (bicyclic) bond motifs is 1. The van der Waals surface area contributed by atoms with Crippen LogP contribution in [0.1, 0.15) is 57.5 Å². The summed E-state index contributed by atoms with van der Waals surface area (Å²) in [7, 11) is 0. The molecule has 0 radical (unpaired) electrons. The molecule has 5 nitrogen and oxygen atoms in total. The highest BCUT2D eigenvalue weighted by atomic mass is 35.5. The van der Waals surface area contributed by atoms with Gasteiger partial charge in [-0.2, -0.15) is 0 Å². The average Bonchev–Trinajstić information content (AvgIpc) is 3.38. The van der Waals surface area contributed by atoms with E-state index in [2.05, 4.69) is 4.90 Å². The molecule has 0 atom stereocenters. The number of amides is 2. The molecule has 2 amide bonds. The summed E-state index contributed by atoms with van der Waals surface area (Å²) in [6, 6.07) is 13.9. The minimum absolute atomic E-state index is 0.0402.